The molecular weight excluding hydrogens is 322 g/mol. The van der Waals surface area contributed by atoms with Crippen molar-refractivity contribution in [2.24, 2.45) is 5.92 Å². The molecule has 144 valence electrons. The lowest BCUT2D eigenvalue weighted by Gasteiger charge is -2.38. The fraction of sp³-hybridized carbons (Fsp3) is 0.682. The number of nitrogens with zero attached hydrogens (tertiary/aromatic N) is 3. The van der Waals surface area contributed by atoms with E-state index in [2.05, 4.69) is 45.9 Å². The van der Waals surface area contributed by atoms with Crippen LogP contribution in [0.2, 0.25) is 0 Å². The Labute approximate surface area is 159 Å². The van der Waals surface area contributed by atoms with E-state index in [4.69, 9.17) is 0 Å². The van der Waals surface area contributed by atoms with Crippen LogP contribution in [0.4, 0.5) is 5.69 Å². The number of anilines is 1. The van der Waals surface area contributed by atoms with Crippen LogP contribution in [-0.4, -0.2) is 67.9 Å². The summed E-state index contributed by atoms with van der Waals surface area (Å²) in [6.45, 7) is 12.7. The zero-order chi connectivity index (χ0) is 18.4. The van der Waals surface area contributed by atoms with Gasteiger partial charge in [0.1, 0.15) is 5.78 Å². The number of aryl methyl sites for hydroxylation is 1. The number of hydrogen-bond acceptors (Lipinski definition) is 4. The van der Waals surface area contributed by atoms with E-state index in [1.165, 1.54) is 50.1 Å². The summed E-state index contributed by atoms with van der Waals surface area (Å²) in [6.07, 6.45) is 4.95. The minimum absolute atomic E-state index is 0.297. The third-order valence-corrected chi connectivity index (χ3v) is 6.09. The molecular formula is C22H35N3O. The van der Waals surface area contributed by atoms with Gasteiger partial charge < -0.3 is 4.90 Å². The number of piperidine rings is 1. The number of rotatable bonds is 7. The molecule has 1 aromatic carbocycles. The Morgan fingerprint density at radius 1 is 1.00 bits per heavy atom. The molecule has 0 spiro atoms. The van der Waals surface area contributed by atoms with Crippen molar-refractivity contribution >= 4 is 11.5 Å². The number of ketones is 1. The maximum Gasteiger partial charge on any atom is 0.143 e. The van der Waals surface area contributed by atoms with E-state index in [9.17, 15) is 4.79 Å². The molecule has 4 nitrogen and oxygen atoms in total. The Kier molecular flexibility index (Phi) is 7.09. The van der Waals surface area contributed by atoms with Crippen molar-refractivity contribution in [3.63, 3.8) is 0 Å². The van der Waals surface area contributed by atoms with Crippen LogP contribution in [0.3, 0.4) is 0 Å². The topological polar surface area (TPSA) is 26.8 Å². The molecule has 2 saturated heterocycles. The van der Waals surface area contributed by atoms with Crippen LogP contribution in [0.5, 0.6) is 0 Å². The molecule has 2 aliphatic heterocycles. The summed E-state index contributed by atoms with van der Waals surface area (Å²) in [5, 5.41) is 0. The average molecular weight is 358 g/mol. The minimum atomic E-state index is 0.297. The van der Waals surface area contributed by atoms with Crippen molar-refractivity contribution in [2.75, 3.05) is 57.3 Å². The second-order valence-electron chi connectivity index (χ2n) is 8.02. The third-order valence-electron chi connectivity index (χ3n) is 6.09. The Morgan fingerprint density at radius 2 is 1.69 bits per heavy atom. The highest BCUT2D eigenvalue weighted by Gasteiger charge is 2.22. The summed E-state index contributed by atoms with van der Waals surface area (Å²) in [7, 11) is 0. The van der Waals surface area contributed by atoms with Crippen LogP contribution < -0.4 is 4.90 Å². The number of benzene rings is 1. The first-order valence-electron chi connectivity index (χ1n) is 10.4. The molecule has 0 aromatic heterocycles. The molecule has 26 heavy (non-hydrogen) atoms. The van der Waals surface area contributed by atoms with Gasteiger partial charge in [0.05, 0.1) is 6.54 Å². The molecule has 0 aliphatic carbocycles. The molecule has 0 amide bonds. The van der Waals surface area contributed by atoms with Gasteiger partial charge in [-0.2, -0.15) is 0 Å². The van der Waals surface area contributed by atoms with Gasteiger partial charge >= 0.3 is 0 Å². The largest absolute Gasteiger partial charge is 0.369 e. The van der Waals surface area contributed by atoms with Gasteiger partial charge in [-0.15, -0.1) is 0 Å². The summed E-state index contributed by atoms with van der Waals surface area (Å²) >= 11 is 0. The van der Waals surface area contributed by atoms with E-state index in [0.29, 0.717) is 12.3 Å². The van der Waals surface area contributed by atoms with Crippen LogP contribution in [0.1, 0.15) is 38.7 Å². The predicted octanol–water partition coefficient (Wildman–Crippen LogP) is 3.06. The van der Waals surface area contributed by atoms with E-state index < -0.39 is 0 Å². The maximum atomic E-state index is 11.2. The summed E-state index contributed by atoms with van der Waals surface area (Å²) in [5.41, 5.74) is 2.91. The van der Waals surface area contributed by atoms with E-state index in [1.54, 1.807) is 6.92 Å². The first kappa shape index (κ1) is 19.4. The summed E-state index contributed by atoms with van der Waals surface area (Å²) in [5.74, 6) is 1.14. The molecule has 2 heterocycles. The lowest BCUT2D eigenvalue weighted by Crippen LogP contribution is -2.47. The highest BCUT2D eigenvalue weighted by Crippen LogP contribution is 2.24. The Hall–Kier alpha value is -1.39. The standard InChI is InChI=1S/C22H35N3O/c1-3-21-6-4-5-7-22(21)25-16-14-23(15-17-25)11-8-20-9-12-24(13-10-20)18-19(2)26/h4-7,20H,3,8-18H2,1-2H3. The molecule has 1 aromatic rings. The second kappa shape index (κ2) is 9.52. The molecule has 4 heteroatoms. The summed E-state index contributed by atoms with van der Waals surface area (Å²) < 4.78 is 0. The Morgan fingerprint density at radius 3 is 2.35 bits per heavy atom. The SMILES string of the molecule is CCc1ccccc1N1CCN(CCC2CCN(CC(C)=O)CC2)CC1. The first-order valence-corrected chi connectivity index (χ1v) is 10.4. The normalized spacial score (nSPS) is 20.5. The molecule has 2 fully saturated rings. The van der Waals surface area contributed by atoms with Crippen LogP contribution in [0.15, 0.2) is 24.3 Å². The van der Waals surface area contributed by atoms with Crippen LogP contribution in [0.25, 0.3) is 0 Å². The first-order chi connectivity index (χ1) is 12.7. The summed E-state index contributed by atoms with van der Waals surface area (Å²) in [6, 6.07) is 8.86. The number of carbonyl (C=O) groups excluding carboxylic acids is 1. The van der Waals surface area contributed by atoms with Crippen LogP contribution in [-0.2, 0) is 11.2 Å². The second-order valence-corrected chi connectivity index (χ2v) is 8.02. The number of likely N-dealkylation sites (tertiary alicyclic amines) is 1. The number of carbonyl (C=O) groups is 1. The lowest BCUT2D eigenvalue weighted by molar-refractivity contribution is -0.118. The van der Waals surface area contributed by atoms with E-state index in [1.807, 2.05) is 0 Å². The van der Waals surface area contributed by atoms with Gasteiger partial charge in [-0.1, -0.05) is 25.1 Å². The zero-order valence-electron chi connectivity index (χ0n) is 16.6. The third kappa shape index (κ3) is 5.31. The minimum Gasteiger partial charge on any atom is -0.369 e. The zero-order valence-corrected chi connectivity index (χ0v) is 16.6. The molecule has 0 unspecified atom stereocenters. The molecule has 0 saturated carbocycles. The van der Waals surface area contributed by atoms with Crippen LogP contribution >= 0.6 is 0 Å². The van der Waals surface area contributed by atoms with Crippen LogP contribution in [0, 0.1) is 5.92 Å². The van der Waals surface area contributed by atoms with E-state index >= 15 is 0 Å². The molecule has 3 rings (SSSR count). The van der Waals surface area contributed by atoms with Gasteiger partial charge in [-0.3, -0.25) is 14.6 Å². The van der Waals surface area contributed by atoms with Crippen molar-refractivity contribution < 1.29 is 4.79 Å². The van der Waals surface area contributed by atoms with Gasteiger partial charge in [-0.05, 0) is 69.8 Å². The van der Waals surface area contributed by atoms with E-state index in [-0.39, 0.29) is 0 Å². The highest BCUT2D eigenvalue weighted by molar-refractivity contribution is 5.77. The smallest absolute Gasteiger partial charge is 0.143 e. The number of hydrogen-bond donors (Lipinski definition) is 0. The Bertz CT molecular complexity index is 573. The Balaban J connectivity index is 1.38. The van der Waals surface area contributed by atoms with Gasteiger partial charge in [-0.25, -0.2) is 0 Å². The molecule has 0 N–H and O–H groups in total. The number of piperazine rings is 1. The monoisotopic (exact) mass is 357 g/mol. The molecule has 0 atom stereocenters. The van der Waals surface area contributed by atoms with Gasteiger partial charge in [0.15, 0.2) is 0 Å². The quantitative estimate of drug-likeness (QED) is 0.749. The van der Waals surface area contributed by atoms with Crippen molar-refractivity contribution in [3.8, 4) is 0 Å². The number of para-hydroxylation sites is 1. The fourth-order valence-corrected chi connectivity index (χ4v) is 4.44. The lowest BCUT2D eigenvalue weighted by atomic mass is 9.93. The van der Waals surface area contributed by atoms with E-state index in [0.717, 1.165) is 38.5 Å². The predicted molar refractivity (Wildman–Crippen MR) is 109 cm³/mol. The van der Waals surface area contributed by atoms with Gasteiger partial charge in [0, 0.05) is 31.9 Å². The fourth-order valence-electron chi connectivity index (χ4n) is 4.44. The summed E-state index contributed by atoms with van der Waals surface area (Å²) in [4.78, 5) is 18.8. The highest BCUT2D eigenvalue weighted by atomic mass is 16.1. The average Bonchev–Trinajstić information content (AvgIpc) is 2.67. The molecule has 0 radical (unpaired) electrons. The molecule has 0 bridgehead atoms. The van der Waals surface area contributed by atoms with Crippen molar-refractivity contribution in [3.05, 3.63) is 29.8 Å². The van der Waals surface area contributed by atoms with Gasteiger partial charge in [0.25, 0.3) is 0 Å². The number of Topliss-reactive ketones (excluding diaryl/α,β-unsaturated/α-hetero) is 1. The van der Waals surface area contributed by atoms with Crippen molar-refractivity contribution in [1.82, 2.24) is 9.80 Å². The van der Waals surface area contributed by atoms with Crippen molar-refractivity contribution in [2.45, 2.75) is 39.5 Å². The van der Waals surface area contributed by atoms with Gasteiger partial charge in [0.2, 0.25) is 0 Å². The molecule has 2 aliphatic rings. The van der Waals surface area contributed by atoms with Crippen molar-refractivity contribution in [1.29, 1.82) is 0 Å². The maximum absolute atomic E-state index is 11.2.